The Kier molecular flexibility index (Phi) is 6.14. The number of nitrogens with zero attached hydrogens (tertiary/aromatic N) is 2. The van der Waals surface area contributed by atoms with Crippen LogP contribution in [0.2, 0.25) is 0 Å². The third kappa shape index (κ3) is 4.39. The fourth-order valence-corrected chi connectivity index (χ4v) is 8.23. The van der Waals surface area contributed by atoms with Gasteiger partial charge in [-0.2, -0.15) is 0 Å². The first-order valence-corrected chi connectivity index (χ1v) is 17.0. The normalized spacial score (nSPS) is 15.2. The van der Waals surface area contributed by atoms with E-state index in [1.807, 2.05) is 12.1 Å². The second-order valence-corrected chi connectivity index (χ2v) is 13.3. The Labute approximate surface area is 281 Å². The molecule has 1 atom stereocenters. The van der Waals surface area contributed by atoms with Gasteiger partial charge in [0.25, 0.3) is 0 Å². The second-order valence-electron chi connectivity index (χ2n) is 12.3. The topological polar surface area (TPSA) is 38.5 Å². The van der Waals surface area contributed by atoms with E-state index in [0.717, 1.165) is 72.0 Å². The first-order chi connectivity index (χ1) is 23.8. The fourth-order valence-electron chi connectivity index (χ4n) is 7.10. The molecule has 228 valence electrons. The lowest BCUT2D eigenvalue weighted by Gasteiger charge is -2.29. The number of thiazole rings is 1. The summed E-state index contributed by atoms with van der Waals surface area (Å²) in [5.41, 5.74) is 11.9. The molecule has 1 aliphatic heterocycles. The number of hydrogen-bond acceptors (Lipinski definition) is 5. The summed E-state index contributed by atoms with van der Waals surface area (Å²) in [6.45, 7) is 0. The third-order valence-corrected chi connectivity index (χ3v) is 10.5. The SMILES string of the molecule is C1=C2c3ccccc3OC2CC=C1N(c1ccc(-c2ccccc2)cc1)c1ccc2oc3ccc4nc(-c5ccccc5)sc4c3c2c1. The van der Waals surface area contributed by atoms with E-state index in [1.165, 1.54) is 22.3 Å². The van der Waals surface area contributed by atoms with Gasteiger partial charge >= 0.3 is 0 Å². The molecule has 5 heteroatoms. The molecule has 4 nitrogen and oxygen atoms in total. The number of rotatable bonds is 5. The molecule has 0 amide bonds. The minimum Gasteiger partial charge on any atom is -0.485 e. The number of hydrogen-bond donors (Lipinski definition) is 0. The molecule has 48 heavy (non-hydrogen) atoms. The molecule has 6 aromatic carbocycles. The maximum absolute atomic E-state index is 6.44. The van der Waals surface area contributed by atoms with Crippen molar-refractivity contribution in [2.75, 3.05) is 4.90 Å². The van der Waals surface area contributed by atoms with Crippen LogP contribution < -0.4 is 9.64 Å². The van der Waals surface area contributed by atoms with E-state index in [1.54, 1.807) is 11.3 Å². The van der Waals surface area contributed by atoms with E-state index in [4.69, 9.17) is 14.1 Å². The van der Waals surface area contributed by atoms with E-state index in [9.17, 15) is 0 Å². The van der Waals surface area contributed by atoms with Crippen molar-refractivity contribution in [1.82, 2.24) is 4.98 Å². The molecule has 3 heterocycles. The molecular weight excluding hydrogens is 609 g/mol. The van der Waals surface area contributed by atoms with Gasteiger partial charge in [-0.3, -0.25) is 0 Å². The van der Waals surface area contributed by atoms with Crippen molar-refractivity contribution in [2.24, 2.45) is 0 Å². The number of para-hydroxylation sites is 1. The summed E-state index contributed by atoms with van der Waals surface area (Å²) in [7, 11) is 0. The van der Waals surface area contributed by atoms with Gasteiger partial charge in [0.2, 0.25) is 0 Å². The van der Waals surface area contributed by atoms with Crippen LogP contribution >= 0.6 is 11.3 Å². The van der Waals surface area contributed by atoms with Crippen LogP contribution in [0.5, 0.6) is 5.75 Å². The Hall–Kier alpha value is -5.91. The van der Waals surface area contributed by atoms with Gasteiger partial charge in [-0.1, -0.05) is 97.1 Å². The standard InChI is InChI=1S/C43H28N2O2S/c1-3-9-27(10-4-1)28-15-17-30(18-16-28)45(31-19-22-38-34(25-31)33-13-7-8-14-37(33)46-38)32-20-23-39-35(26-32)41-40(47-39)24-21-36-42(41)48-43(44-36)29-11-5-2-6-12-29/h1-21,23-26,38H,22H2. The largest absolute Gasteiger partial charge is 0.485 e. The average molecular weight is 637 g/mol. The van der Waals surface area contributed by atoms with Crippen LogP contribution in [0.25, 0.3) is 59.4 Å². The lowest BCUT2D eigenvalue weighted by Crippen LogP contribution is -2.21. The molecule has 8 aromatic rings. The average Bonchev–Trinajstić information content (AvgIpc) is 3.86. The Bertz CT molecular complexity index is 2560. The Morgan fingerprint density at radius 2 is 1.38 bits per heavy atom. The van der Waals surface area contributed by atoms with Gasteiger partial charge in [-0.25, -0.2) is 4.98 Å². The molecule has 10 rings (SSSR count). The zero-order valence-electron chi connectivity index (χ0n) is 25.8. The number of aromatic nitrogens is 1. The smallest absolute Gasteiger partial charge is 0.137 e. The molecule has 0 fully saturated rings. The highest BCUT2D eigenvalue weighted by Gasteiger charge is 2.31. The van der Waals surface area contributed by atoms with E-state index >= 15 is 0 Å². The van der Waals surface area contributed by atoms with Crippen molar-refractivity contribution in [3.8, 4) is 27.4 Å². The van der Waals surface area contributed by atoms with Crippen LogP contribution in [-0.4, -0.2) is 11.1 Å². The molecule has 0 radical (unpaired) electrons. The highest BCUT2D eigenvalue weighted by atomic mass is 32.1. The van der Waals surface area contributed by atoms with Crippen LogP contribution in [0, 0.1) is 0 Å². The van der Waals surface area contributed by atoms with Crippen LogP contribution in [0.3, 0.4) is 0 Å². The van der Waals surface area contributed by atoms with Gasteiger partial charge in [0.15, 0.2) is 0 Å². The lowest BCUT2D eigenvalue weighted by molar-refractivity contribution is 0.278. The summed E-state index contributed by atoms with van der Waals surface area (Å²) in [5, 5.41) is 3.20. The van der Waals surface area contributed by atoms with E-state index < -0.39 is 0 Å². The van der Waals surface area contributed by atoms with Gasteiger partial charge in [0.05, 0.1) is 10.2 Å². The van der Waals surface area contributed by atoms with Gasteiger partial charge < -0.3 is 14.1 Å². The number of ether oxygens (including phenoxy) is 1. The molecule has 2 aliphatic rings. The van der Waals surface area contributed by atoms with Crippen molar-refractivity contribution < 1.29 is 9.15 Å². The van der Waals surface area contributed by atoms with Crippen molar-refractivity contribution in [3.05, 3.63) is 163 Å². The molecular formula is C43H28N2O2S. The predicted molar refractivity (Wildman–Crippen MR) is 198 cm³/mol. The summed E-state index contributed by atoms with van der Waals surface area (Å²) in [6, 6.07) is 48.8. The predicted octanol–water partition coefficient (Wildman–Crippen LogP) is 11.8. The van der Waals surface area contributed by atoms with Gasteiger partial charge in [0, 0.05) is 51.0 Å². The Morgan fingerprint density at radius 3 is 2.21 bits per heavy atom. The van der Waals surface area contributed by atoms with Gasteiger partial charge in [0.1, 0.15) is 28.0 Å². The van der Waals surface area contributed by atoms with E-state index in [0.29, 0.717) is 0 Å². The lowest BCUT2D eigenvalue weighted by atomic mass is 9.94. The summed E-state index contributed by atoms with van der Waals surface area (Å²) in [5.74, 6) is 0.955. The molecule has 0 bridgehead atoms. The first kappa shape index (κ1) is 27.2. The quantitative estimate of drug-likeness (QED) is 0.188. The molecule has 0 saturated heterocycles. The summed E-state index contributed by atoms with van der Waals surface area (Å²) in [6.07, 6.45) is 5.44. The maximum atomic E-state index is 6.44. The third-order valence-electron chi connectivity index (χ3n) is 9.40. The minimum absolute atomic E-state index is 0.0344. The molecule has 2 aromatic heterocycles. The highest BCUT2D eigenvalue weighted by Crippen LogP contribution is 2.46. The molecule has 1 unspecified atom stereocenters. The van der Waals surface area contributed by atoms with Crippen molar-refractivity contribution in [2.45, 2.75) is 12.5 Å². The summed E-state index contributed by atoms with van der Waals surface area (Å²) in [4.78, 5) is 7.38. The number of benzene rings is 6. The molecule has 0 spiro atoms. The summed E-state index contributed by atoms with van der Waals surface area (Å²) < 4.78 is 13.9. The highest BCUT2D eigenvalue weighted by molar-refractivity contribution is 7.22. The van der Waals surface area contributed by atoms with Crippen LogP contribution in [0.4, 0.5) is 11.4 Å². The van der Waals surface area contributed by atoms with Gasteiger partial charge in [-0.05, 0) is 65.7 Å². The van der Waals surface area contributed by atoms with Gasteiger partial charge in [-0.15, -0.1) is 11.3 Å². The molecule has 1 aliphatic carbocycles. The number of furan rings is 1. The van der Waals surface area contributed by atoms with Crippen LogP contribution in [0.15, 0.2) is 162 Å². The number of allylic oxidation sites excluding steroid dienone is 1. The van der Waals surface area contributed by atoms with E-state index in [-0.39, 0.29) is 6.10 Å². The zero-order valence-corrected chi connectivity index (χ0v) is 26.7. The second kappa shape index (κ2) is 10.8. The van der Waals surface area contributed by atoms with Crippen LogP contribution in [0.1, 0.15) is 12.0 Å². The Balaban J connectivity index is 1.14. The monoisotopic (exact) mass is 636 g/mol. The fraction of sp³-hybridized carbons (Fsp3) is 0.0465. The van der Waals surface area contributed by atoms with Crippen molar-refractivity contribution in [3.63, 3.8) is 0 Å². The number of anilines is 2. The minimum atomic E-state index is 0.0344. The van der Waals surface area contributed by atoms with Crippen molar-refractivity contribution in [1.29, 1.82) is 0 Å². The molecule has 0 saturated carbocycles. The summed E-state index contributed by atoms with van der Waals surface area (Å²) >= 11 is 1.72. The van der Waals surface area contributed by atoms with E-state index in [2.05, 4.69) is 144 Å². The zero-order chi connectivity index (χ0) is 31.6. The molecule has 0 N–H and O–H groups in total. The van der Waals surface area contributed by atoms with Crippen LogP contribution in [-0.2, 0) is 0 Å². The van der Waals surface area contributed by atoms with Crippen molar-refractivity contribution >= 4 is 60.4 Å². The number of fused-ring (bicyclic) bond motifs is 8. The Morgan fingerprint density at radius 1 is 0.667 bits per heavy atom. The first-order valence-electron chi connectivity index (χ1n) is 16.2. The maximum Gasteiger partial charge on any atom is 0.137 e.